The second kappa shape index (κ2) is 4.39. The summed E-state index contributed by atoms with van der Waals surface area (Å²) in [5.74, 6) is 1.23. The van der Waals surface area contributed by atoms with Crippen molar-refractivity contribution in [3.8, 4) is 6.07 Å². The van der Waals surface area contributed by atoms with E-state index in [0.29, 0.717) is 17.7 Å². The van der Waals surface area contributed by atoms with Crippen molar-refractivity contribution in [1.29, 1.82) is 5.26 Å². The summed E-state index contributed by atoms with van der Waals surface area (Å²) in [5, 5.41) is 11.7. The second-order valence-corrected chi connectivity index (χ2v) is 4.59. The average molecular weight is 257 g/mol. The number of nitrogens with one attached hydrogen (secondary N) is 1. The van der Waals surface area contributed by atoms with E-state index < -0.39 is 0 Å². The molecule has 5 heteroatoms. The first-order valence-corrected chi connectivity index (χ1v) is 6.07. The summed E-state index contributed by atoms with van der Waals surface area (Å²) in [6.07, 6.45) is 0.917. The van der Waals surface area contributed by atoms with Crippen molar-refractivity contribution in [2.75, 3.05) is 12.4 Å². The third-order valence-corrected chi connectivity index (χ3v) is 3.38. The zero-order valence-corrected chi connectivity index (χ0v) is 10.4. The smallest absolute Gasteiger partial charge is 0.231 e. The Hall–Kier alpha value is -2.35. The van der Waals surface area contributed by atoms with Crippen LogP contribution < -0.4 is 5.32 Å². The molecule has 0 aliphatic heterocycles. The maximum atomic E-state index is 12.9. The predicted molar refractivity (Wildman–Crippen MR) is 67.3 cm³/mol. The number of hydrogen-bond acceptors (Lipinski definition) is 4. The Balaban J connectivity index is 1.81. The van der Waals surface area contributed by atoms with E-state index in [1.807, 2.05) is 6.07 Å². The number of rotatable bonds is 3. The summed E-state index contributed by atoms with van der Waals surface area (Å²) >= 11 is 0. The molecular weight excluding hydrogens is 245 g/mol. The van der Waals surface area contributed by atoms with Crippen LogP contribution in [0, 0.1) is 17.1 Å². The van der Waals surface area contributed by atoms with Gasteiger partial charge in [-0.2, -0.15) is 5.26 Å². The molecule has 0 bridgehead atoms. The van der Waals surface area contributed by atoms with Gasteiger partial charge in [0.2, 0.25) is 17.5 Å². The molecule has 2 aromatic rings. The average Bonchev–Trinajstić information content (AvgIpc) is 3.12. The van der Waals surface area contributed by atoms with Gasteiger partial charge >= 0.3 is 0 Å². The highest BCUT2D eigenvalue weighted by Gasteiger charge is 2.43. The van der Waals surface area contributed by atoms with Gasteiger partial charge in [0.1, 0.15) is 11.9 Å². The van der Waals surface area contributed by atoms with Gasteiger partial charge in [-0.05, 0) is 30.0 Å². The maximum Gasteiger partial charge on any atom is 0.231 e. The lowest BCUT2D eigenvalue weighted by Gasteiger charge is -1.98. The summed E-state index contributed by atoms with van der Waals surface area (Å²) in [6, 6.07) is 8.48. The van der Waals surface area contributed by atoms with Crippen molar-refractivity contribution < 1.29 is 8.81 Å². The molecule has 2 atom stereocenters. The fraction of sp³-hybridized carbons (Fsp3) is 0.286. The highest BCUT2D eigenvalue weighted by molar-refractivity contribution is 5.46. The molecule has 0 saturated heterocycles. The molecule has 1 aromatic carbocycles. The highest BCUT2D eigenvalue weighted by atomic mass is 19.1. The highest BCUT2D eigenvalue weighted by Crippen LogP contribution is 2.54. The number of hydrogen-bond donors (Lipinski definition) is 1. The van der Waals surface area contributed by atoms with E-state index in [9.17, 15) is 4.39 Å². The molecule has 3 rings (SSSR count). The van der Waals surface area contributed by atoms with E-state index in [-0.39, 0.29) is 17.4 Å². The fourth-order valence-electron chi connectivity index (χ4n) is 2.29. The second-order valence-electron chi connectivity index (χ2n) is 4.59. The minimum absolute atomic E-state index is 0.180. The van der Waals surface area contributed by atoms with Gasteiger partial charge in [-0.15, -0.1) is 0 Å². The van der Waals surface area contributed by atoms with Crippen molar-refractivity contribution in [2.45, 2.75) is 18.3 Å². The third-order valence-electron chi connectivity index (χ3n) is 3.38. The number of aromatic nitrogens is 1. The van der Waals surface area contributed by atoms with Crippen molar-refractivity contribution in [2.24, 2.45) is 0 Å². The zero-order chi connectivity index (χ0) is 13.4. The number of anilines is 1. The van der Waals surface area contributed by atoms with E-state index in [4.69, 9.17) is 9.68 Å². The number of oxazole rings is 1. The number of halogens is 1. The van der Waals surface area contributed by atoms with Gasteiger partial charge in [0.25, 0.3) is 0 Å². The Morgan fingerprint density at radius 1 is 1.37 bits per heavy atom. The molecule has 4 nitrogen and oxygen atoms in total. The topological polar surface area (TPSA) is 61.9 Å². The van der Waals surface area contributed by atoms with Crippen LogP contribution in [0.3, 0.4) is 0 Å². The molecule has 19 heavy (non-hydrogen) atoms. The largest absolute Gasteiger partial charge is 0.424 e. The number of nitriles is 1. The lowest BCUT2D eigenvalue weighted by Crippen LogP contribution is -1.87. The van der Waals surface area contributed by atoms with Crippen LogP contribution in [-0.4, -0.2) is 12.0 Å². The summed E-state index contributed by atoms with van der Waals surface area (Å²) < 4.78 is 18.4. The number of nitrogens with zero attached hydrogens (tertiary/aromatic N) is 2. The van der Waals surface area contributed by atoms with Gasteiger partial charge in [-0.25, -0.2) is 9.37 Å². The van der Waals surface area contributed by atoms with Gasteiger partial charge in [-0.3, -0.25) is 0 Å². The molecule has 1 N–H and O–H groups in total. The first-order valence-electron chi connectivity index (χ1n) is 6.07. The van der Waals surface area contributed by atoms with Crippen LogP contribution in [-0.2, 0) is 0 Å². The van der Waals surface area contributed by atoms with E-state index in [1.54, 1.807) is 19.2 Å². The lowest BCUT2D eigenvalue weighted by molar-refractivity contribution is 0.507. The molecule has 1 aliphatic rings. The van der Waals surface area contributed by atoms with E-state index in [2.05, 4.69) is 10.3 Å². The lowest BCUT2D eigenvalue weighted by atomic mass is 10.1. The summed E-state index contributed by atoms with van der Waals surface area (Å²) in [7, 11) is 1.69. The normalized spacial score (nSPS) is 20.9. The van der Waals surface area contributed by atoms with Crippen LogP contribution in [0.1, 0.15) is 35.4 Å². The summed E-state index contributed by atoms with van der Waals surface area (Å²) in [4.78, 5) is 4.19. The molecule has 0 spiro atoms. The maximum absolute atomic E-state index is 12.9. The Morgan fingerprint density at radius 2 is 2.11 bits per heavy atom. The van der Waals surface area contributed by atoms with Crippen LogP contribution in [0.2, 0.25) is 0 Å². The standard InChI is InChI=1S/C14H12FN3O/c1-17-14-12(7-16)18-13(19-14)11-6-10(11)8-2-4-9(15)5-3-8/h2-5,10-11,17H,6H2,1H3. The van der Waals surface area contributed by atoms with Gasteiger partial charge in [0.15, 0.2) is 0 Å². The monoisotopic (exact) mass is 257 g/mol. The molecule has 2 unspecified atom stereocenters. The predicted octanol–water partition coefficient (Wildman–Crippen LogP) is 3.00. The Kier molecular flexibility index (Phi) is 2.71. The van der Waals surface area contributed by atoms with E-state index in [1.165, 1.54) is 12.1 Å². The van der Waals surface area contributed by atoms with Crippen molar-refractivity contribution >= 4 is 5.88 Å². The van der Waals surface area contributed by atoms with Gasteiger partial charge in [-0.1, -0.05) is 12.1 Å². The van der Waals surface area contributed by atoms with Crippen molar-refractivity contribution in [3.63, 3.8) is 0 Å². The molecule has 1 saturated carbocycles. The van der Waals surface area contributed by atoms with Crippen LogP contribution in [0.15, 0.2) is 28.7 Å². The minimum atomic E-state index is -0.235. The van der Waals surface area contributed by atoms with Crippen LogP contribution in [0.25, 0.3) is 0 Å². The van der Waals surface area contributed by atoms with Gasteiger partial charge in [0, 0.05) is 13.0 Å². The molecular formula is C14H12FN3O. The fourth-order valence-corrected chi connectivity index (χ4v) is 2.29. The Bertz CT molecular complexity index is 642. The first-order chi connectivity index (χ1) is 9.22. The quantitative estimate of drug-likeness (QED) is 0.918. The Morgan fingerprint density at radius 3 is 2.68 bits per heavy atom. The molecule has 0 radical (unpaired) electrons. The van der Waals surface area contributed by atoms with Crippen molar-refractivity contribution in [1.82, 2.24) is 4.98 Å². The molecule has 1 fully saturated rings. The van der Waals surface area contributed by atoms with E-state index in [0.717, 1.165) is 12.0 Å². The van der Waals surface area contributed by atoms with Crippen LogP contribution >= 0.6 is 0 Å². The zero-order valence-electron chi connectivity index (χ0n) is 10.4. The Labute approximate surface area is 109 Å². The summed E-state index contributed by atoms with van der Waals surface area (Å²) in [6.45, 7) is 0. The number of benzene rings is 1. The van der Waals surface area contributed by atoms with Crippen LogP contribution in [0.5, 0.6) is 0 Å². The SMILES string of the molecule is CNc1oc(C2CC2c2ccc(F)cc2)nc1C#N. The van der Waals surface area contributed by atoms with Crippen LogP contribution in [0.4, 0.5) is 10.3 Å². The molecule has 1 aromatic heterocycles. The third kappa shape index (κ3) is 2.06. The molecule has 1 aliphatic carbocycles. The van der Waals surface area contributed by atoms with E-state index >= 15 is 0 Å². The first kappa shape index (κ1) is 11.7. The van der Waals surface area contributed by atoms with Crippen molar-refractivity contribution in [3.05, 3.63) is 47.2 Å². The summed E-state index contributed by atoms with van der Waals surface area (Å²) in [5.41, 5.74) is 1.36. The minimum Gasteiger partial charge on any atom is -0.424 e. The van der Waals surface area contributed by atoms with Gasteiger partial charge < -0.3 is 9.73 Å². The molecule has 0 amide bonds. The van der Waals surface area contributed by atoms with Gasteiger partial charge in [0.05, 0.1) is 0 Å². The molecule has 1 heterocycles. The molecule has 96 valence electrons.